The molecule has 0 atom stereocenters. The summed E-state index contributed by atoms with van der Waals surface area (Å²) < 4.78 is 0. The summed E-state index contributed by atoms with van der Waals surface area (Å²) in [4.78, 5) is 4.23. The Morgan fingerprint density at radius 1 is 1.31 bits per heavy atom. The van der Waals surface area contributed by atoms with Crippen LogP contribution in [0.1, 0.15) is 12.0 Å². The number of thiol groups is 1. The van der Waals surface area contributed by atoms with Crippen LogP contribution in [0.15, 0.2) is 30.5 Å². The van der Waals surface area contributed by atoms with Crippen molar-refractivity contribution in [2.24, 2.45) is 0 Å². The smallest absolute Gasteiger partial charge is 0.0717 e. The summed E-state index contributed by atoms with van der Waals surface area (Å²) in [6.45, 7) is 0. The summed E-state index contributed by atoms with van der Waals surface area (Å²) in [6, 6.07) is 7.65. The summed E-state index contributed by atoms with van der Waals surface area (Å²) in [5, 5.41) is 1.66. The van der Waals surface area contributed by atoms with Crippen molar-refractivity contribution in [3.63, 3.8) is 0 Å². The number of hydrogen-bond acceptors (Lipinski definition) is 2. The first kappa shape index (κ1) is 11.3. The second-order valence-electron chi connectivity index (χ2n) is 3.30. The standard InChI is InChI=1S/C13H10ClNS/c14-12-6-7-15-13-5-4-10(9-11(12)13)3-1-2-8-16/h4-7,9,16H,2,8H2. The minimum Gasteiger partial charge on any atom is -0.256 e. The lowest BCUT2D eigenvalue weighted by Crippen LogP contribution is -1.81. The lowest BCUT2D eigenvalue weighted by atomic mass is 10.1. The SMILES string of the molecule is SCCC#Cc1ccc2nccc(Cl)c2c1. The predicted octanol–water partition coefficient (Wildman–Crippen LogP) is 3.56. The fraction of sp³-hybridized carbons (Fsp3) is 0.154. The molecule has 0 amide bonds. The van der Waals surface area contributed by atoms with Gasteiger partial charge in [0.1, 0.15) is 0 Å². The lowest BCUT2D eigenvalue weighted by molar-refractivity contribution is 1.31. The Kier molecular flexibility index (Phi) is 3.71. The van der Waals surface area contributed by atoms with Crippen LogP contribution >= 0.6 is 24.2 Å². The van der Waals surface area contributed by atoms with E-state index in [4.69, 9.17) is 11.6 Å². The fourth-order valence-electron chi connectivity index (χ4n) is 1.41. The van der Waals surface area contributed by atoms with Crippen molar-refractivity contribution in [3.8, 4) is 11.8 Å². The van der Waals surface area contributed by atoms with E-state index in [9.17, 15) is 0 Å². The largest absolute Gasteiger partial charge is 0.256 e. The van der Waals surface area contributed by atoms with Crippen LogP contribution in [0.3, 0.4) is 0 Å². The van der Waals surface area contributed by atoms with Crippen molar-refractivity contribution < 1.29 is 0 Å². The second kappa shape index (κ2) is 5.25. The summed E-state index contributed by atoms with van der Waals surface area (Å²) >= 11 is 10.2. The monoisotopic (exact) mass is 247 g/mol. The molecule has 16 heavy (non-hydrogen) atoms. The highest BCUT2D eigenvalue weighted by Crippen LogP contribution is 2.22. The molecule has 1 aromatic carbocycles. The molecular formula is C13H10ClNS. The molecule has 0 aliphatic heterocycles. The summed E-state index contributed by atoms with van der Waals surface area (Å²) in [7, 11) is 0. The zero-order valence-electron chi connectivity index (χ0n) is 8.57. The van der Waals surface area contributed by atoms with Gasteiger partial charge in [0.25, 0.3) is 0 Å². The lowest BCUT2D eigenvalue weighted by Gasteiger charge is -1.99. The van der Waals surface area contributed by atoms with Gasteiger partial charge in [-0.15, -0.1) is 0 Å². The van der Waals surface area contributed by atoms with E-state index in [1.54, 1.807) is 12.3 Å². The molecule has 0 aliphatic carbocycles. The number of pyridine rings is 1. The van der Waals surface area contributed by atoms with E-state index in [-0.39, 0.29) is 0 Å². The van der Waals surface area contributed by atoms with Gasteiger partial charge in [0.05, 0.1) is 10.5 Å². The third-order valence-corrected chi connectivity index (χ3v) is 2.71. The van der Waals surface area contributed by atoms with Crippen LogP contribution in [0.25, 0.3) is 10.9 Å². The van der Waals surface area contributed by atoms with E-state index in [2.05, 4.69) is 29.5 Å². The fourth-order valence-corrected chi connectivity index (χ4v) is 1.73. The van der Waals surface area contributed by atoms with Gasteiger partial charge < -0.3 is 0 Å². The van der Waals surface area contributed by atoms with E-state index in [0.29, 0.717) is 5.02 Å². The first-order valence-electron chi connectivity index (χ1n) is 4.95. The van der Waals surface area contributed by atoms with Crippen molar-refractivity contribution in [3.05, 3.63) is 41.0 Å². The van der Waals surface area contributed by atoms with E-state index < -0.39 is 0 Å². The van der Waals surface area contributed by atoms with E-state index >= 15 is 0 Å². The summed E-state index contributed by atoms with van der Waals surface area (Å²) in [5.74, 6) is 6.91. The quantitative estimate of drug-likeness (QED) is 0.601. The average Bonchev–Trinajstić information content (AvgIpc) is 2.30. The molecule has 0 saturated heterocycles. The first-order chi connectivity index (χ1) is 7.81. The number of hydrogen-bond donors (Lipinski definition) is 1. The molecule has 0 unspecified atom stereocenters. The second-order valence-corrected chi connectivity index (χ2v) is 4.15. The Morgan fingerprint density at radius 2 is 2.19 bits per heavy atom. The number of nitrogens with zero attached hydrogens (tertiary/aromatic N) is 1. The maximum Gasteiger partial charge on any atom is 0.0717 e. The van der Waals surface area contributed by atoms with Crippen molar-refractivity contribution >= 4 is 35.1 Å². The minimum absolute atomic E-state index is 0.711. The van der Waals surface area contributed by atoms with Gasteiger partial charge >= 0.3 is 0 Å². The maximum absolute atomic E-state index is 6.09. The van der Waals surface area contributed by atoms with Crippen LogP contribution in [-0.4, -0.2) is 10.7 Å². The Morgan fingerprint density at radius 3 is 3.00 bits per heavy atom. The third-order valence-electron chi connectivity index (χ3n) is 2.16. The van der Waals surface area contributed by atoms with E-state index in [0.717, 1.165) is 28.6 Å². The molecule has 1 heterocycles. The van der Waals surface area contributed by atoms with Crippen molar-refractivity contribution in [1.82, 2.24) is 4.98 Å². The molecular weight excluding hydrogens is 238 g/mol. The molecule has 2 aromatic rings. The van der Waals surface area contributed by atoms with E-state index in [1.807, 2.05) is 18.2 Å². The average molecular weight is 248 g/mol. The van der Waals surface area contributed by atoms with E-state index in [1.165, 1.54) is 0 Å². The number of fused-ring (bicyclic) bond motifs is 1. The topological polar surface area (TPSA) is 12.9 Å². The highest BCUT2D eigenvalue weighted by molar-refractivity contribution is 7.80. The van der Waals surface area contributed by atoms with Crippen LogP contribution in [0.2, 0.25) is 5.02 Å². The first-order valence-corrected chi connectivity index (χ1v) is 5.96. The van der Waals surface area contributed by atoms with Gasteiger partial charge in [-0.3, -0.25) is 4.98 Å². The van der Waals surface area contributed by atoms with Gasteiger partial charge in [0.2, 0.25) is 0 Å². The highest BCUT2D eigenvalue weighted by atomic mass is 35.5. The van der Waals surface area contributed by atoms with Gasteiger partial charge in [-0.2, -0.15) is 12.6 Å². The van der Waals surface area contributed by atoms with Crippen LogP contribution in [0.5, 0.6) is 0 Å². The van der Waals surface area contributed by atoms with Gasteiger partial charge in [0, 0.05) is 29.3 Å². The maximum atomic E-state index is 6.09. The zero-order valence-corrected chi connectivity index (χ0v) is 10.2. The molecule has 0 fully saturated rings. The van der Waals surface area contributed by atoms with Crippen LogP contribution < -0.4 is 0 Å². The normalized spacial score (nSPS) is 9.88. The van der Waals surface area contributed by atoms with Gasteiger partial charge in [-0.1, -0.05) is 23.4 Å². The van der Waals surface area contributed by atoms with Crippen LogP contribution in [0, 0.1) is 11.8 Å². The Hall–Kier alpha value is -1.17. The molecule has 0 radical (unpaired) electrons. The molecule has 0 N–H and O–H groups in total. The van der Waals surface area contributed by atoms with Crippen molar-refractivity contribution in [1.29, 1.82) is 0 Å². The molecule has 1 nitrogen and oxygen atoms in total. The predicted molar refractivity (Wildman–Crippen MR) is 72.1 cm³/mol. The van der Waals surface area contributed by atoms with Crippen LogP contribution in [-0.2, 0) is 0 Å². The molecule has 80 valence electrons. The Balaban J connectivity index is 2.44. The van der Waals surface area contributed by atoms with Crippen molar-refractivity contribution in [2.45, 2.75) is 6.42 Å². The molecule has 1 aromatic heterocycles. The molecule has 2 rings (SSSR count). The highest BCUT2D eigenvalue weighted by Gasteiger charge is 1.99. The summed E-state index contributed by atoms with van der Waals surface area (Å²) in [6.07, 6.45) is 2.50. The molecule has 0 bridgehead atoms. The molecule has 0 saturated carbocycles. The molecule has 3 heteroatoms. The molecule has 0 aliphatic rings. The number of halogens is 1. The van der Waals surface area contributed by atoms with Crippen molar-refractivity contribution in [2.75, 3.05) is 5.75 Å². The minimum atomic E-state index is 0.711. The number of aromatic nitrogens is 1. The van der Waals surface area contributed by atoms with Crippen LogP contribution in [0.4, 0.5) is 0 Å². The Bertz CT molecular complexity index is 569. The van der Waals surface area contributed by atoms with Gasteiger partial charge in [0.15, 0.2) is 0 Å². The number of benzene rings is 1. The zero-order chi connectivity index (χ0) is 11.4. The van der Waals surface area contributed by atoms with Gasteiger partial charge in [-0.25, -0.2) is 0 Å². The van der Waals surface area contributed by atoms with Gasteiger partial charge in [-0.05, 0) is 24.3 Å². The Labute approximate surface area is 105 Å². The third kappa shape index (κ3) is 2.49. The number of rotatable bonds is 1. The molecule has 0 spiro atoms. The summed E-state index contributed by atoms with van der Waals surface area (Å²) in [5.41, 5.74) is 1.86.